The number of carbonyl (C=O) groups excluding carboxylic acids is 1. The van der Waals surface area contributed by atoms with Crippen molar-refractivity contribution >= 4 is 5.78 Å². The van der Waals surface area contributed by atoms with Crippen LogP contribution < -0.4 is 5.32 Å². The maximum Gasteiger partial charge on any atom is 0.136 e. The molecule has 1 unspecified atom stereocenters. The fourth-order valence-electron chi connectivity index (χ4n) is 1.57. The largest absolute Gasteiger partial charge is 0.364 e. The number of Topliss-reactive ketones (excluding diaryl/α,β-unsaturated/α-hetero) is 1. The molecule has 12 heavy (non-hydrogen) atoms. The number of nitrogens with one attached hydrogen (secondary N) is 2. The van der Waals surface area contributed by atoms with Crippen molar-refractivity contribution < 1.29 is 4.79 Å². The van der Waals surface area contributed by atoms with Gasteiger partial charge in [0.2, 0.25) is 0 Å². The average molecular weight is 164 g/mol. The van der Waals surface area contributed by atoms with Crippen LogP contribution in [0.2, 0.25) is 0 Å². The van der Waals surface area contributed by atoms with Gasteiger partial charge in [0.15, 0.2) is 0 Å². The summed E-state index contributed by atoms with van der Waals surface area (Å²) >= 11 is 0. The van der Waals surface area contributed by atoms with Gasteiger partial charge in [-0.3, -0.25) is 4.79 Å². The standard InChI is InChI=1S/C9H12N2O/c12-7-3-5-11-9(6-7)8-2-1-4-10-8/h1-2,4,9-11H,3,5-6H2. The highest BCUT2D eigenvalue weighted by molar-refractivity contribution is 5.80. The van der Waals surface area contributed by atoms with Crippen molar-refractivity contribution in [2.45, 2.75) is 18.9 Å². The maximum absolute atomic E-state index is 11.1. The monoisotopic (exact) mass is 164 g/mol. The lowest BCUT2D eigenvalue weighted by molar-refractivity contribution is -0.120. The number of aromatic nitrogens is 1. The van der Waals surface area contributed by atoms with E-state index in [0.29, 0.717) is 18.6 Å². The van der Waals surface area contributed by atoms with E-state index in [1.54, 1.807) is 0 Å². The van der Waals surface area contributed by atoms with E-state index in [4.69, 9.17) is 0 Å². The summed E-state index contributed by atoms with van der Waals surface area (Å²) in [4.78, 5) is 14.2. The molecule has 1 aromatic heterocycles. The highest BCUT2D eigenvalue weighted by atomic mass is 16.1. The normalized spacial score (nSPS) is 24.3. The van der Waals surface area contributed by atoms with E-state index < -0.39 is 0 Å². The summed E-state index contributed by atoms with van der Waals surface area (Å²) in [5.41, 5.74) is 1.11. The molecule has 0 bridgehead atoms. The topological polar surface area (TPSA) is 44.9 Å². The maximum atomic E-state index is 11.1. The summed E-state index contributed by atoms with van der Waals surface area (Å²) in [6.07, 6.45) is 3.19. The van der Waals surface area contributed by atoms with Gasteiger partial charge < -0.3 is 10.3 Å². The number of aromatic amines is 1. The van der Waals surface area contributed by atoms with Crippen LogP contribution in [0.4, 0.5) is 0 Å². The smallest absolute Gasteiger partial charge is 0.136 e. The molecule has 0 aromatic carbocycles. The Morgan fingerprint density at radius 2 is 2.42 bits per heavy atom. The molecule has 1 saturated heterocycles. The van der Waals surface area contributed by atoms with Gasteiger partial charge in [-0.15, -0.1) is 0 Å². The number of hydrogen-bond acceptors (Lipinski definition) is 2. The van der Waals surface area contributed by atoms with Gasteiger partial charge in [0.25, 0.3) is 0 Å². The van der Waals surface area contributed by atoms with Crippen molar-refractivity contribution in [3.05, 3.63) is 24.0 Å². The number of carbonyl (C=O) groups is 1. The van der Waals surface area contributed by atoms with E-state index in [0.717, 1.165) is 12.2 Å². The molecular formula is C9H12N2O. The van der Waals surface area contributed by atoms with Crippen LogP contribution in [0, 0.1) is 0 Å². The van der Waals surface area contributed by atoms with E-state index in [1.165, 1.54) is 0 Å². The Hall–Kier alpha value is -1.09. The second kappa shape index (κ2) is 3.11. The lowest BCUT2D eigenvalue weighted by atomic mass is 10.0. The molecule has 0 saturated carbocycles. The van der Waals surface area contributed by atoms with Crippen molar-refractivity contribution in [2.24, 2.45) is 0 Å². The van der Waals surface area contributed by atoms with Gasteiger partial charge in [-0.05, 0) is 12.1 Å². The number of piperidine rings is 1. The molecule has 3 heteroatoms. The van der Waals surface area contributed by atoms with Crippen molar-refractivity contribution in [1.82, 2.24) is 10.3 Å². The minimum atomic E-state index is 0.209. The van der Waals surface area contributed by atoms with Gasteiger partial charge in [0.05, 0.1) is 6.04 Å². The summed E-state index contributed by atoms with van der Waals surface area (Å²) in [5, 5.41) is 3.30. The van der Waals surface area contributed by atoms with Crippen LogP contribution in [0.3, 0.4) is 0 Å². The van der Waals surface area contributed by atoms with E-state index in [-0.39, 0.29) is 6.04 Å². The minimum absolute atomic E-state index is 0.209. The Morgan fingerprint density at radius 1 is 1.50 bits per heavy atom. The summed E-state index contributed by atoms with van der Waals surface area (Å²) in [6, 6.07) is 4.17. The number of hydrogen-bond donors (Lipinski definition) is 2. The molecule has 0 aliphatic carbocycles. The zero-order chi connectivity index (χ0) is 8.39. The van der Waals surface area contributed by atoms with Gasteiger partial charge >= 0.3 is 0 Å². The fraction of sp³-hybridized carbons (Fsp3) is 0.444. The lowest BCUT2D eigenvalue weighted by Crippen LogP contribution is -2.31. The van der Waals surface area contributed by atoms with Crippen LogP contribution in [0.25, 0.3) is 0 Å². The highest BCUT2D eigenvalue weighted by Gasteiger charge is 2.20. The zero-order valence-corrected chi connectivity index (χ0v) is 6.84. The number of rotatable bonds is 1. The summed E-state index contributed by atoms with van der Waals surface area (Å²) < 4.78 is 0. The molecular weight excluding hydrogens is 152 g/mol. The summed E-state index contributed by atoms with van der Waals surface area (Å²) in [6.45, 7) is 0.808. The van der Waals surface area contributed by atoms with Crippen LogP contribution in [0.1, 0.15) is 24.6 Å². The molecule has 2 heterocycles. The molecule has 0 radical (unpaired) electrons. The Labute approximate surface area is 71.2 Å². The first-order valence-corrected chi connectivity index (χ1v) is 4.24. The van der Waals surface area contributed by atoms with Crippen molar-refractivity contribution in [3.63, 3.8) is 0 Å². The molecule has 1 aliphatic rings. The first-order valence-electron chi connectivity index (χ1n) is 4.24. The van der Waals surface area contributed by atoms with Gasteiger partial charge in [-0.25, -0.2) is 0 Å². The van der Waals surface area contributed by atoms with Crippen molar-refractivity contribution in [3.8, 4) is 0 Å². The van der Waals surface area contributed by atoms with Gasteiger partial charge in [-0.2, -0.15) is 0 Å². The molecule has 2 N–H and O–H groups in total. The Balaban J connectivity index is 2.09. The fourth-order valence-corrected chi connectivity index (χ4v) is 1.57. The molecule has 3 nitrogen and oxygen atoms in total. The van der Waals surface area contributed by atoms with E-state index >= 15 is 0 Å². The summed E-state index contributed by atoms with van der Waals surface area (Å²) in [7, 11) is 0. The predicted octanol–water partition coefficient (Wildman–Crippen LogP) is 1.01. The molecule has 1 aromatic rings. The predicted molar refractivity (Wildman–Crippen MR) is 45.8 cm³/mol. The zero-order valence-electron chi connectivity index (χ0n) is 6.84. The van der Waals surface area contributed by atoms with E-state index in [9.17, 15) is 4.79 Å². The summed E-state index contributed by atoms with van der Waals surface area (Å²) in [5.74, 6) is 0.355. The second-order valence-corrected chi connectivity index (χ2v) is 3.12. The first kappa shape index (κ1) is 7.55. The minimum Gasteiger partial charge on any atom is -0.364 e. The lowest BCUT2D eigenvalue weighted by Gasteiger charge is -2.21. The Morgan fingerprint density at radius 3 is 3.08 bits per heavy atom. The molecule has 0 amide bonds. The molecule has 1 atom stereocenters. The van der Waals surface area contributed by atoms with Gasteiger partial charge in [-0.1, -0.05) is 0 Å². The van der Waals surface area contributed by atoms with Crippen LogP contribution >= 0.6 is 0 Å². The van der Waals surface area contributed by atoms with Crippen LogP contribution in [0.15, 0.2) is 18.3 Å². The highest BCUT2D eigenvalue weighted by Crippen LogP contribution is 2.18. The molecule has 1 fully saturated rings. The second-order valence-electron chi connectivity index (χ2n) is 3.12. The van der Waals surface area contributed by atoms with Crippen LogP contribution in [-0.4, -0.2) is 17.3 Å². The Kier molecular flexibility index (Phi) is 1.96. The average Bonchev–Trinajstić information content (AvgIpc) is 2.56. The first-order chi connectivity index (χ1) is 5.86. The SMILES string of the molecule is O=C1CCNC(c2ccc[nH]2)C1. The van der Waals surface area contributed by atoms with Gasteiger partial charge in [0, 0.05) is 31.3 Å². The third-order valence-electron chi connectivity index (χ3n) is 2.22. The third-order valence-corrected chi connectivity index (χ3v) is 2.22. The molecule has 1 aliphatic heterocycles. The number of H-pyrrole nitrogens is 1. The third kappa shape index (κ3) is 1.41. The number of ketones is 1. The van der Waals surface area contributed by atoms with Crippen molar-refractivity contribution in [1.29, 1.82) is 0 Å². The Bertz CT molecular complexity index is 266. The quantitative estimate of drug-likeness (QED) is 0.650. The molecule has 0 spiro atoms. The van der Waals surface area contributed by atoms with E-state index in [1.807, 2.05) is 18.3 Å². The van der Waals surface area contributed by atoms with E-state index in [2.05, 4.69) is 10.3 Å². The molecule has 64 valence electrons. The van der Waals surface area contributed by atoms with Crippen molar-refractivity contribution in [2.75, 3.05) is 6.54 Å². The van der Waals surface area contributed by atoms with Gasteiger partial charge in [0.1, 0.15) is 5.78 Å². The van der Waals surface area contributed by atoms with Crippen LogP contribution in [-0.2, 0) is 4.79 Å². The van der Waals surface area contributed by atoms with Crippen LogP contribution in [0.5, 0.6) is 0 Å². The molecule has 2 rings (SSSR count).